The number of carbonyl (C=O) groups excluding carboxylic acids is 1. The highest BCUT2D eigenvalue weighted by molar-refractivity contribution is 6.30. The summed E-state index contributed by atoms with van der Waals surface area (Å²) in [6, 6.07) is 9.55. The van der Waals surface area contributed by atoms with Crippen molar-refractivity contribution in [3.63, 3.8) is 0 Å². The van der Waals surface area contributed by atoms with Crippen molar-refractivity contribution >= 4 is 28.8 Å². The van der Waals surface area contributed by atoms with E-state index in [1.807, 2.05) is 0 Å². The summed E-state index contributed by atoms with van der Waals surface area (Å²) in [6.45, 7) is 4.70. The van der Waals surface area contributed by atoms with Crippen LogP contribution in [0.5, 0.6) is 0 Å². The van der Waals surface area contributed by atoms with Gasteiger partial charge in [0.05, 0.1) is 11.6 Å². The molecule has 2 heterocycles. The van der Waals surface area contributed by atoms with Gasteiger partial charge in [0.15, 0.2) is 11.6 Å². The second kappa shape index (κ2) is 8.05. The predicted molar refractivity (Wildman–Crippen MR) is 108 cm³/mol. The fourth-order valence-corrected chi connectivity index (χ4v) is 3.17. The van der Waals surface area contributed by atoms with E-state index in [4.69, 9.17) is 17.3 Å². The number of ether oxygens (including phenoxy) is 1. The Hall–Kier alpha value is -2.78. The lowest BCUT2D eigenvalue weighted by molar-refractivity contribution is -0.306. The minimum absolute atomic E-state index is 0.0433. The fourth-order valence-electron chi connectivity index (χ4n) is 3.06. The Labute approximate surface area is 180 Å². The average molecular weight is 456 g/mol. The Morgan fingerprint density at radius 1 is 1.32 bits per heavy atom. The van der Waals surface area contributed by atoms with Gasteiger partial charge < -0.3 is 10.5 Å². The number of Topliss-reactive ketones (excluding diaryl/α,β-unsaturated/α-hetero) is 1. The lowest BCUT2D eigenvalue weighted by atomic mass is 9.89. The summed E-state index contributed by atoms with van der Waals surface area (Å²) in [5.41, 5.74) is 5.60. The quantitative estimate of drug-likeness (QED) is 0.516. The zero-order chi connectivity index (χ0) is 23.0. The number of aromatic nitrogens is 1. The molecule has 10 heteroatoms. The van der Waals surface area contributed by atoms with Gasteiger partial charge in [-0.1, -0.05) is 36.4 Å². The Kier molecular flexibility index (Phi) is 5.94. The number of aliphatic imine (C=N–C) groups is 1. The molecule has 2 atom stereocenters. The molecule has 0 saturated carbocycles. The van der Waals surface area contributed by atoms with E-state index >= 15 is 0 Å². The van der Waals surface area contributed by atoms with Crippen LogP contribution in [0.3, 0.4) is 0 Å². The monoisotopic (exact) mass is 455 g/mol. The maximum Gasteiger partial charge on any atom is 0.456 e. The lowest BCUT2D eigenvalue weighted by Gasteiger charge is -2.38. The van der Waals surface area contributed by atoms with E-state index in [1.165, 1.54) is 19.2 Å². The van der Waals surface area contributed by atoms with Crippen LogP contribution >= 0.6 is 11.6 Å². The number of hydrogen-bond acceptors (Lipinski definition) is 5. The molecule has 164 valence electrons. The minimum Gasteiger partial charge on any atom is -0.382 e. The van der Waals surface area contributed by atoms with Crippen molar-refractivity contribution in [2.24, 2.45) is 10.7 Å². The summed E-state index contributed by atoms with van der Waals surface area (Å²) >= 11 is 5.77. The van der Waals surface area contributed by atoms with Gasteiger partial charge in [-0.25, -0.2) is 0 Å². The number of allylic oxidation sites excluding steroid dienone is 1. The number of alkyl halides is 4. The van der Waals surface area contributed by atoms with Crippen LogP contribution in [0.15, 0.2) is 54.2 Å². The highest BCUT2D eigenvalue weighted by atomic mass is 35.5. The second-order valence-corrected chi connectivity index (χ2v) is 7.73. The van der Waals surface area contributed by atoms with E-state index in [0.29, 0.717) is 21.7 Å². The number of rotatable bonds is 5. The molecule has 0 aliphatic carbocycles. The number of halogens is 5. The molecule has 0 saturated heterocycles. The SMILES string of the molecule is C=C(CC(=O)c1ccc(Cl)cn1)c1cccc(C2(C)COC(F)(C(F)(F)F)C(N)=N2)c1. The molecule has 2 N–H and O–H groups in total. The molecule has 2 unspecified atom stereocenters. The van der Waals surface area contributed by atoms with Gasteiger partial charge in [0.2, 0.25) is 0 Å². The van der Waals surface area contributed by atoms with Gasteiger partial charge in [-0.05, 0) is 41.8 Å². The van der Waals surface area contributed by atoms with Gasteiger partial charge in [-0.3, -0.25) is 14.8 Å². The third kappa shape index (κ3) is 4.47. The molecule has 3 rings (SSSR count). The van der Waals surface area contributed by atoms with Crippen molar-refractivity contribution in [3.8, 4) is 0 Å². The molecule has 1 aromatic carbocycles. The summed E-state index contributed by atoms with van der Waals surface area (Å²) in [5, 5.41) is 0.397. The summed E-state index contributed by atoms with van der Waals surface area (Å²) in [6.07, 6.45) is -4.04. The Morgan fingerprint density at radius 3 is 2.61 bits per heavy atom. The minimum atomic E-state index is -5.35. The molecule has 0 spiro atoms. The Morgan fingerprint density at radius 2 is 2.03 bits per heavy atom. The molecular formula is C21H18ClF4N3O2. The molecule has 31 heavy (non-hydrogen) atoms. The highest BCUT2D eigenvalue weighted by Crippen LogP contribution is 2.42. The molecule has 0 bridgehead atoms. The zero-order valence-corrected chi connectivity index (χ0v) is 17.1. The molecule has 5 nitrogen and oxygen atoms in total. The Balaban J connectivity index is 1.84. The fraction of sp³-hybridized carbons (Fsp3) is 0.286. The molecule has 0 radical (unpaired) electrons. The molecule has 2 aromatic rings. The van der Waals surface area contributed by atoms with Crippen molar-refractivity contribution in [2.45, 2.75) is 30.9 Å². The van der Waals surface area contributed by atoms with Crippen molar-refractivity contribution in [2.75, 3.05) is 6.61 Å². The van der Waals surface area contributed by atoms with Crippen molar-refractivity contribution in [1.29, 1.82) is 0 Å². The summed E-state index contributed by atoms with van der Waals surface area (Å²) in [4.78, 5) is 20.2. The first kappa shape index (κ1) is 22.9. The van der Waals surface area contributed by atoms with Crippen LogP contribution < -0.4 is 5.73 Å². The number of hydrogen-bond donors (Lipinski definition) is 1. The van der Waals surface area contributed by atoms with Gasteiger partial charge in [0, 0.05) is 12.6 Å². The van der Waals surface area contributed by atoms with Crippen LogP contribution in [0, 0.1) is 0 Å². The van der Waals surface area contributed by atoms with Crippen molar-refractivity contribution in [3.05, 3.63) is 71.0 Å². The molecular weight excluding hydrogens is 438 g/mol. The molecule has 0 amide bonds. The number of ketones is 1. The summed E-state index contributed by atoms with van der Waals surface area (Å²) < 4.78 is 57.6. The van der Waals surface area contributed by atoms with Gasteiger partial charge in [-0.15, -0.1) is 0 Å². The maximum atomic E-state index is 14.2. The van der Waals surface area contributed by atoms with Crippen LogP contribution in [0.4, 0.5) is 17.6 Å². The van der Waals surface area contributed by atoms with Crippen LogP contribution in [-0.2, 0) is 10.3 Å². The number of nitrogens with zero attached hydrogens (tertiary/aromatic N) is 2. The lowest BCUT2D eigenvalue weighted by Crippen LogP contribution is -2.59. The van der Waals surface area contributed by atoms with Crippen LogP contribution in [0.25, 0.3) is 5.57 Å². The largest absolute Gasteiger partial charge is 0.456 e. The van der Waals surface area contributed by atoms with Gasteiger partial charge >= 0.3 is 12.0 Å². The van der Waals surface area contributed by atoms with E-state index in [-0.39, 0.29) is 17.9 Å². The van der Waals surface area contributed by atoms with Crippen LogP contribution in [0.1, 0.15) is 35.0 Å². The molecule has 0 fully saturated rings. The summed E-state index contributed by atoms with van der Waals surface area (Å²) in [7, 11) is 0. The van der Waals surface area contributed by atoms with Crippen LogP contribution in [-0.4, -0.2) is 35.2 Å². The first-order valence-corrected chi connectivity index (χ1v) is 9.42. The summed E-state index contributed by atoms with van der Waals surface area (Å²) in [5.74, 6) is -5.72. The smallest absolute Gasteiger partial charge is 0.382 e. The maximum absolute atomic E-state index is 14.2. The van der Waals surface area contributed by atoms with E-state index in [9.17, 15) is 22.4 Å². The van der Waals surface area contributed by atoms with E-state index < -0.39 is 30.0 Å². The number of pyridine rings is 1. The zero-order valence-electron chi connectivity index (χ0n) is 16.3. The first-order chi connectivity index (χ1) is 14.4. The number of benzene rings is 1. The van der Waals surface area contributed by atoms with Crippen molar-refractivity contribution in [1.82, 2.24) is 4.98 Å². The molecule has 1 aromatic heterocycles. The van der Waals surface area contributed by atoms with Crippen LogP contribution in [0.2, 0.25) is 5.02 Å². The van der Waals surface area contributed by atoms with Crippen molar-refractivity contribution < 1.29 is 27.1 Å². The molecule has 1 aliphatic heterocycles. The number of nitrogens with two attached hydrogens (primary N) is 1. The van der Waals surface area contributed by atoms with Gasteiger partial charge in [0.1, 0.15) is 11.2 Å². The molecule has 1 aliphatic rings. The van der Waals surface area contributed by atoms with Gasteiger partial charge in [-0.2, -0.15) is 17.6 Å². The second-order valence-electron chi connectivity index (χ2n) is 7.30. The first-order valence-electron chi connectivity index (χ1n) is 9.04. The number of amidine groups is 1. The van der Waals surface area contributed by atoms with E-state index in [2.05, 4.69) is 21.3 Å². The van der Waals surface area contributed by atoms with Gasteiger partial charge in [0.25, 0.3) is 0 Å². The predicted octanol–water partition coefficient (Wildman–Crippen LogP) is 4.85. The third-order valence-corrected chi connectivity index (χ3v) is 5.12. The standard InChI is InChI=1S/C21H18ClF4N3O2/c1-12(8-17(30)16-7-6-15(22)10-28-16)13-4-3-5-14(9-13)19(2)11-31-20(23,18(27)29-19)21(24,25)26/h3-7,9-10H,1,8,11H2,2H3,(H2,27,29). The Bertz CT molecular complexity index is 1060. The topological polar surface area (TPSA) is 77.6 Å². The van der Waals surface area contributed by atoms with E-state index in [1.54, 1.807) is 30.3 Å². The normalized spacial score (nSPS) is 23.9. The highest BCUT2D eigenvalue weighted by Gasteiger charge is 2.63. The number of carbonyl (C=O) groups is 1. The third-order valence-electron chi connectivity index (χ3n) is 4.89. The average Bonchev–Trinajstić information content (AvgIpc) is 2.71. The van der Waals surface area contributed by atoms with E-state index in [0.717, 1.165) is 0 Å².